The van der Waals surface area contributed by atoms with Gasteiger partial charge in [0.1, 0.15) is 11.6 Å². The number of aryl methyl sites for hydroxylation is 1. The average Bonchev–Trinajstić information content (AvgIpc) is 2.37. The van der Waals surface area contributed by atoms with Crippen LogP contribution in [-0.4, -0.2) is 12.1 Å². The minimum absolute atomic E-state index is 0.0323. The third-order valence-electron chi connectivity index (χ3n) is 2.74. The van der Waals surface area contributed by atoms with E-state index in [-0.39, 0.29) is 11.3 Å². The maximum Gasteiger partial charge on any atom is 0.266 e. The molecule has 0 saturated carbocycles. The third kappa shape index (κ3) is 2.33. The van der Waals surface area contributed by atoms with Crippen LogP contribution < -0.4 is 10.3 Å². The van der Waals surface area contributed by atoms with Crippen LogP contribution in [0.1, 0.15) is 11.3 Å². The molecule has 0 aliphatic rings. The summed E-state index contributed by atoms with van der Waals surface area (Å²) >= 11 is 0. The lowest BCUT2D eigenvalue weighted by Gasteiger charge is -2.07. The Kier molecular flexibility index (Phi) is 3.34. The van der Waals surface area contributed by atoms with E-state index in [1.165, 1.54) is 19.2 Å². The first-order chi connectivity index (χ1) is 9.06. The van der Waals surface area contributed by atoms with E-state index < -0.39 is 11.4 Å². The molecule has 2 rings (SSSR count). The third-order valence-corrected chi connectivity index (χ3v) is 2.74. The molecule has 0 amide bonds. The highest BCUT2D eigenvalue weighted by molar-refractivity contribution is 5.70. The lowest BCUT2D eigenvalue weighted by molar-refractivity contribution is 0.386. The number of pyridine rings is 1. The minimum Gasteiger partial charge on any atom is -0.494 e. The summed E-state index contributed by atoms with van der Waals surface area (Å²) in [5, 5.41) is 9.03. The average molecular weight is 258 g/mol. The van der Waals surface area contributed by atoms with Crippen molar-refractivity contribution in [3.8, 4) is 22.9 Å². The van der Waals surface area contributed by atoms with Gasteiger partial charge in [0.15, 0.2) is 11.6 Å². The summed E-state index contributed by atoms with van der Waals surface area (Å²) in [6.45, 7) is 1.70. The van der Waals surface area contributed by atoms with Crippen LogP contribution in [-0.2, 0) is 0 Å². The van der Waals surface area contributed by atoms with E-state index in [4.69, 9.17) is 10.00 Å². The predicted molar refractivity (Wildman–Crippen MR) is 68.5 cm³/mol. The molecular weight excluding hydrogens is 247 g/mol. The van der Waals surface area contributed by atoms with Gasteiger partial charge in [0.25, 0.3) is 5.56 Å². The van der Waals surface area contributed by atoms with Crippen LogP contribution in [0.15, 0.2) is 29.1 Å². The SMILES string of the molecule is COc1ccc(-c2cc(C)[nH]c(=O)c2C#N)cc1F. The fourth-order valence-electron chi connectivity index (χ4n) is 1.86. The summed E-state index contributed by atoms with van der Waals surface area (Å²) in [4.78, 5) is 14.2. The molecule has 1 aromatic heterocycles. The number of H-pyrrole nitrogens is 1. The van der Waals surface area contributed by atoms with Crippen molar-refractivity contribution in [1.82, 2.24) is 4.98 Å². The highest BCUT2D eigenvalue weighted by atomic mass is 19.1. The van der Waals surface area contributed by atoms with Crippen LogP contribution in [0, 0.1) is 24.1 Å². The van der Waals surface area contributed by atoms with Gasteiger partial charge in [-0.1, -0.05) is 6.07 Å². The Hall–Kier alpha value is -2.61. The van der Waals surface area contributed by atoms with E-state index in [0.717, 1.165) is 0 Å². The van der Waals surface area contributed by atoms with E-state index in [1.807, 2.05) is 6.07 Å². The molecule has 0 fully saturated rings. The monoisotopic (exact) mass is 258 g/mol. The second-order valence-corrected chi connectivity index (χ2v) is 4.03. The topological polar surface area (TPSA) is 65.9 Å². The highest BCUT2D eigenvalue weighted by Crippen LogP contribution is 2.26. The zero-order valence-corrected chi connectivity index (χ0v) is 10.5. The van der Waals surface area contributed by atoms with Crippen molar-refractivity contribution >= 4 is 0 Å². The van der Waals surface area contributed by atoms with Crippen molar-refractivity contribution in [2.75, 3.05) is 7.11 Å². The van der Waals surface area contributed by atoms with Gasteiger partial charge in [0, 0.05) is 11.3 Å². The normalized spacial score (nSPS) is 10.0. The number of aromatic nitrogens is 1. The summed E-state index contributed by atoms with van der Waals surface area (Å²) in [5.41, 5.74) is 0.966. The van der Waals surface area contributed by atoms with Gasteiger partial charge in [-0.05, 0) is 30.7 Å². The van der Waals surface area contributed by atoms with Crippen LogP contribution in [0.2, 0.25) is 0 Å². The first-order valence-electron chi connectivity index (χ1n) is 5.54. The Labute approximate surface area is 109 Å². The van der Waals surface area contributed by atoms with Gasteiger partial charge in [-0.2, -0.15) is 5.26 Å². The maximum absolute atomic E-state index is 13.7. The highest BCUT2D eigenvalue weighted by Gasteiger charge is 2.12. The molecule has 2 aromatic rings. The largest absolute Gasteiger partial charge is 0.494 e. The summed E-state index contributed by atoms with van der Waals surface area (Å²) in [5.74, 6) is -0.425. The molecule has 96 valence electrons. The molecular formula is C14H11FN2O2. The van der Waals surface area contributed by atoms with Crippen LogP contribution >= 0.6 is 0 Å². The molecule has 0 saturated heterocycles. The van der Waals surface area contributed by atoms with Crippen molar-refractivity contribution in [2.24, 2.45) is 0 Å². The zero-order valence-electron chi connectivity index (χ0n) is 10.5. The molecule has 4 nitrogen and oxygen atoms in total. The van der Waals surface area contributed by atoms with E-state index >= 15 is 0 Å². The predicted octanol–water partition coefficient (Wildman–Crippen LogP) is 2.37. The fraction of sp³-hybridized carbons (Fsp3) is 0.143. The second kappa shape index (κ2) is 4.94. The Morgan fingerprint density at radius 3 is 2.68 bits per heavy atom. The Bertz CT molecular complexity index is 729. The molecule has 1 heterocycles. The first kappa shape index (κ1) is 12.8. The standard InChI is InChI=1S/C14H11FN2O2/c1-8-5-10(11(7-16)14(18)17-8)9-3-4-13(19-2)12(15)6-9/h3-6H,1-2H3,(H,17,18). The number of benzene rings is 1. The van der Waals surface area contributed by atoms with Gasteiger partial charge < -0.3 is 9.72 Å². The van der Waals surface area contributed by atoms with Crippen molar-refractivity contribution < 1.29 is 9.13 Å². The Morgan fingerprint density at radius 2 is 2.11 bits per heavy atom. The van der Waals surface area contributed by atoms with Crippen molar-refractivity contribution in [3.05, 3.63) is 51.7 Å². The summed E-state index contributed by atoms with van der Waals surface area (Å²) in [7, 11) is 1.37. The van der Waals surface area contributed by atoms with E-state index in [9.17, 15) is 9.18 Å². The number of halogens is 1. The van der Waals surface area contributed by atoms with Gasteiger partial charge in [-0.3, -0.25) is 4.79 Å². The first-order valence-corrected chi connectivity index (χ1v) is 5.54. The lowest BCUT2D eigenvalue weighted by atomic mass is 10.0. The van der Waals surface area contributed by atoms with Crippen LogP contribution in [0.3, 0.4) is 0 Å². The molecule has 0 aliphatic carbocycles. The molecule has 0 atom stereocenters. The molecule has 5 heteroatoms. The van der Waals surface area contributed by atoms with Crippen molar-refractivity contribution in [1.29, 1.82) is 5.26 Å². The minimum atomic E-state index is -0.540. The van der Waals surface area contributed by atoms with Crippen molar-refractivity contribution in [2.45, 2.75) is 6.92 Å². The number of nitriles is 1. The van der Waals surface area contributed by atoms with Gasteiger partial charge >= 0.3 is 0 Å². The number of hydrogen-bond donors (Lipinski definition) is 1. The molecule has 0 spiro atoms. The fourth-order valence-corrected chi connectivity index (χ4v) is 1.86. The van der Waals surface area contributed by atoms with Gasteiger partial charge in [0.2, 0.25) is 0 Å². The molecule has 0 radical (unpaired) electrons. The number of methoxy groups -OCH3 is 1. The quantitative estimate of drug-likeness (QED) is 0.899. The van der Waals surface area contributed by atoms with Crippen LogP contribution in [0.5, 0.6) is 5.75 Å². The number of ether oxygens (including phenoxy) is 1. The summed E-state index contributed by atoms with van der Waals surface area (Å²) < 4.78 is 18.5. The molecule has 0 bridgehead atoms. The summed E-state index contributed by atoms with van der Waals surface area (Å²) in [6.07, 6.45) is 0. The lowest BCUT2D eigenvalue weighted by Crippen LogP contribution is -2.12. The number of nitrogens with zero attached hydrogens (tertiary/aromatic N) is 1. The molecule has 0 aliphatic heterocycles. The van der Waals surface area contributed by atoms with E-state index in [1.54, 1.807) is 19.1 Å². The molecule has 0 unspecified atom stereocenters. The zero-order chi connectivity index (χ0) is 14.0. The van der Waals surface area contributed by atoms with E-state index in [0.29, 0.717) is 16.8 Å². The molecule has 1 aromatic carbocycles. The summed E-state index contributed by atoms with van der Waals surface area (Å²) in [6, 6.07) is 7.79. The Morgan fingerprint density at radius 1 is 1.37 bits per heavy atom. The molecule has 19 heavy (non-hydrogen) atoms. The van der Waals surface area contributed by atoms with Crippen LogP contribution in [0.25, 0.3) is 11.1 Å². The van der Waals surface area contributed by atoms with Gasteiger partial charge in [-0.25, -0.2) is 4.39 Å². The smallest absolute Gasteiger partial charge is 0.266 e. The number of rotatable bonds is 2. The van der Waals surface area contributed by atoms with E-state index in [2.05, 4.69) is 4.98 Å². The molecule has 1 N–H and O–H groups in total. The number of aromatic amines is 1. The Balaban J connectivity index is 2.69. The van der Waals surface area contributed by atoms with Crippen LogP contribution in [0.4, 0.5) is 4.39 Å². The van der Waals surface area contributed by atoms with Crippen molar-refractivity contribution in [3.63, 3.8) is 0 Å². The second-order valence-electron chi connectivity index (χ2n) is 4.03. The number of hydrogen-bond acceptors (Lipinski definition) is 3. The van der Waals surface area contributed by atoms with Gasteiger partial charge in [0.05, 0.1) is 7.11 Å². The maximum atomic E-state index is 13.7. The van der Waals surface area contributed by atoms with Gasteiger partial charge in [-0.15, -0.1) is 0 Å². The number of nitrogens with one attached hydrogen (secondary N) is 1.